The van der Waals surface area contributed by atoms with E-state index in [1.54, 1.807) is 0 Å². The predicted octanol–water partition coefficient (Wildman–Crippen LogP) is 0.119. The van der Waals surface area contributed by atoms with Gasteiger partial charge in [-0.25, -0.2) is 0 Å². The van der Waals surface area contributed by atoms with E-state index in [2.05, 4.69) is 15.5 Å². The summed E-state index contributed by atoms with van der Waals surface area (Å²) in [6.45, 7) is 2.04. The van der Waals surface area contributed by atoms with E-state index in [9.17, 15) is 0 Å². The molecule has 1 aliphatic heterocycles. The molecule has 66 valence electrons. The van der Waals surface area contributed by atoms with Gasteiger partial charge in [0.2, 0.25) is 5.89 Å². The second-order valence-corrected chi connectivity index (χ2v) is 3.00. The minimum atomic E-state index is 0.170. The highest BCUT2D eigenvalue weighted by Crippen LogP contribution is 2.23. The van der Waals surface area contributed by atoms with Gasteiger partial charge in [-0.05, 0) is 25.9 Å². The number of rotatable bonds is 1. The molecule has 5 heteroatoms. The van der Waals surface area contributed by atoms with E-state index in [-0.39, 0.29) is 6.01 Å². The molecule has 12 heavy (non-hydrogen) atoms. The maximum atomic E-state index is 5.33. The summed E-state index contributed by atoms with van der Waals surface area (Å²) < 4.78 is 5.15. The van der Waals surface area contributed by atoms with Gasteiger partial charge in [-0.2, -0.15) is 0 Å². The summed E-state index contributed by atoms with van der Waals surface area (Å²) >= 11 is 0. The quantitative estimate of drug-likeness (QED) is 0.622. The van der Waals surface area contributed by atoms with E-state index in [4.69, 9.17) is 10.2 Å². The van der Waals surface area contributed by atoms with Crippen LogP contribution in [0.2, 0.25) is 0 Å². The van der Waals surface area contributed by atoms with Gasteiger partial charge >= 0.3 is 6.01 Å². The van der Waals surface area contributed by atoms with E-state index in [1.807, 2.05) is 0 Å². The largest absolute Gasteiger partial charge is 0.408 e. The molecule has 1 aromatic rings. The second-order valence-electron chi connectivity index (χ2n) is 3.00. The van der Waals surface area contributed by atoms with Gasteiger partial charge in [0, 0.05) is 5.92 Å². The molecule has 1 saturated heterocycles. The molecule has 2 heterocycles. The number of anilines is 1. The molecular formula is C7H12N4O. The number of piperidine rings is 1. The lowest BCUT2D eigenvalue weighted by molar-refractivity contribution is 0.379. The van der Waals surface area contributed by atoms with E-state index in [0.29, 0.717) is 11.8 Å². The van der Waals surface area contributed by atoms with Gasteiger partial charge in [-0.1, -0.05) is 5.10 Å². The fourth-order valence-corrected chi connectivity index (χ4v) is 1.48. The summed E-state index contributed by atoms with van der Waals surface area (Å²) in [5.74, 6) is 1.09. The van der Waals surface area contributed by atoms with Gasteiger partial charge in [0.1, 0.15) is 0 Å². The maximum absolute atomic E-state index is 5.33. The van der Waals surface area contributed by atoms with Crippen molar-refractivity contribution in [1.82, 2.24) is 15.5 Å². The van der Waals surface area contributed by atoms with Gasteiger partial charge in [-0.15, -0.1) is 5.10 Å². The lowest BCUT2D eigenvalue weighted by atomic mass is 9.98. The number of hydrogen-bond acceptors (Lipinski definition) is 5. The van der Waals surface area contributed by atoms with Gasteiger partial charge in [0.05, 0.1) is 0 Å². The Balaban J connectivity index is 2.08. The Kier molecular flexibility index (Phi) is 1.95. The summed E-state index contributed by atoms with van der Waals surface area (Å²) in [7, 11) is 0. The van der Waals surface area contributed by atoms with E-state index in [1.165, 1.54) is 0 Å². The Morgan fingerprint density at radius 3 is 2.67 bits per heavy atom. The van der Waals surface area contributed by atoms with Crippen LogP contribution in [0, 0.1) is 0 Å². The molecular weight excluding hydrogens is 156 g/mol. The SMILES string of the molecule is Nc1nnc(C2CCNCC2)o1. The van der Waals surface area contributed by atoms with Crippen LogP contribution in [-0.2, 0) is 0 Å². The molecule has 0 aliphatic carbocycles. The van der Waals surface area contributed by atoms with Gasteiger partial charge in [-0.3, -0.25) is 0 Å². The molecule has 1 fully saturated rings. The van der Waals surface area contributed by atoms with Crippen LogP contribution in [0.5, 0.6) is 0 Å². The van der Waals surface area contributed by atoms with Crippen LogP contribution in [0.3, 0.4) is 0 Å². The molecule has 0 bridgehead atoms. The molecule has 1 aliphatic rings. The number of nitrogen functional groups attached to an aromatic ring is 1. The van der Waals surface area contributed by atoms with Crippen molar-refractivity contribution in [3.8, 4) is 0 Å². The summed E-state index contributed by atoms with van der Waals surface area (Å²) in [5.41, 5.74) is 5.33. The third-order valence-corrected chi connectivity index (χ3v) is 2.14. The molecule has 2 rings (SSSR count). The molecule has 0 unspecified atom stereocenters. The summed E-state index contributed by atoms with van der Waals surface area (Å²) in [5, 5.41) is 10.8. The Morgan fingerprint density at radius 1 is 1.33 bits per heavy atom. The van der Waals surface area contributed by atoms with Crippen LogP contribution in [0.4, 0.5) is 6.01 Å². The molecule has 0 atom stereocenters. The molecule has 0 spiro atoms. The fraction of sp³-hybridized carbons (Fsp3) is 0.714. The minimum absolute atomic E-state index is 0.170. The first-order chi connectivity index (χ1) is 5.86. The zero-order chi connectivity index (χ0) is 8.39. The van der Waals surface area contributed by atoms with Crippen molar-refractivity contribution in [2.45, 2.75) is 18.8 Å². The first-order valence-corrected chi connectivity index (χ1v) is 4.16. The van der Waals surface area contributed by atoms with E-state index < -0.39 is 0 Å². The molecule has 0 amide bonds. The molecule has 3 N–H and O–H groups in total. The van der Waals surface area contributed by atoms with Crippen molar-refractivity contribution in [3.05, 3.63) is 5.89 Å². The molecule has 0 aromatic carbocycles. The van der Waals surface area contributed by atoms with Crippen molar-refractivity contribution >= 4 is 6.01 Å². The van der Waals surface area contributed by atoms with Gasteiger partial charge in [0.25, 0.3) is 0 Å². The lowest BCUT2D eigenvalue weighted by Gasteiger charge is -2.18. The lowest BCUT2D eigenvalue weighted by Crippen LogP contribution is -2.26. The maximum Gasteiger partial charge on any atom is 0.312 e. The normalized spacial score (nSPS) is 19.7. The Hall–Kier alpha value is -1.10. The van der Waals surface area contributed by atoms with Crippen molar-refractivity contribution in [3.63, 3.8) is 0 Å². The number of aromatic nitrogens is 2. The van der Waals surface area contributed by atoms with E-state index in [0.717, 1.165) is 25.9 Å². The molecule has 1 aromatic heterocycles. The summed E-state index contributed by atoms with van der Waals surface area (Å²) in [6, 6.07) is 0.170. The highest BCUT2D eigenvalue weighted by molar-refractivity contribution is 5.07. The van der Waals surface area contributed by atoms with Crippen molar-refractivity contribution in [1.29, 1.82) is 0 Å². The molecule has 5 nitrogen and oxygen atoms in total. The Labute approximate surface area is 70.3 Å². The number of nitrogens with one attached hydrogen (secondary N) is 1. The number of hydrogen-bond donors (Lipinski definition) is 2. The summed E-state index contributed by atoms with van der Waals surface area (Å²) in [6.07, 6.45) is 2.11. The predicted molar refractivity (Wildman–Crippen MR) is 43.6 cm³/mol. The monoisotopic (exact) mass is 168 g/mol. The number of nitrogens with zero attached hydrogens (tertiary/aromatic N) is 2. The third-order valence-electron chi connectivity index (χ3n) is 2.14. The molecule has 0 radical (unpaired) electrons. The zero-order valence-electron chi connectivity index (χ0n) is 6.79. The van der Waals surface area contributed by atoms with Crippen LogP contribution >= 0.6 is 0 Å². The smallest absolute Gasteiger partial charge is 0.312 e. The van der Waals surface area contributed by atoms with Crippen LogP contribution < -0.4 is 11.1 Å². The van der Waals surface area contributed by atoms with Crippen LogP contribution in [0.1, 0.15) is 24.7 Å². The highest BCUT2D eigenvalue weighted by atomic mass is 16.4. The van der Waals surface area contributed by atoms with Gasteiger partial charge < -0.3 is 15.5 Å². The minimum Gasteiger partial charge on any atom is -0.408 e. The zero-order valence-corrected chi connectivity index (χ0v) is 6.79. The van der Waals surface area contributed by atoms with Crippen LogP contribution in [-0.4, -0.2) is 23.3 Å². The fourth-order valence-electron chi connectivity index (χ4n) is 1.48. The Bertz CT molecular complexity index is 254. The van der Waals surface area contributed by atoms with Crippen LogP contribution in [0.15, 0.2) is 4.42 Å². The van der Waals surface area contributed by atoms with Crippen LogP contribution in [0.25, 0.3) is 0 Å². The summed E-state index contributed by atoms with van der Waals surface area (Å²) in [4.78, 5) is 0. The first kappa shape index (κ1) is 7.54. The second kappa shape index (κ2) is 3.10. The van der Waals surface area contributed by atoms with Crippen molar-refractivity contribution < 1.29 is 4.42 Å². The average Bonchev–Trinajstić information content (AvgIpc) is 2.54. The average molecular weight is 168 g/mol. The van der Waals surface area contributed by atoms with E-state index >= 15 is 0 Å². The number of nitrogens with two attached hydrogens (primary N) is 1. The topological polar surface area (TPSA) is 77.0 Å². The first-order valence-electron chi connectivity index (χ1n) is 4.16. The highest BCUT2D eigenvalue weighted by Gasteiger charge is 2.20. The Morgan fingerprint density at radius 2 is 2.08 bits per heavy atom. The van der Waals surface area contributed by atoms with Crippen molar-refractivity contribution in [2.75, 3.05) is 18.8 Å². The third kappa shape index (κ3) is 1.40. The van der Waals surface area contributed by atoms with Crippen molar-refractivity contribution in [2.24, 2.45) is 0 Å². The standard InChI is InChI=1S/C7H12N4O/c8-7-11-10-6(12-7)5-1-3-9-4-2-5/h5,9H,1-4H2,(H2,8,11). The van der Waals surface area contributed by atoms with Gasteiger partial charge in [0.15, 0.2) is 0 Å². The molecule has 0 saturated carbocycles.